The first-order chi connectivity index (χ1) is 13.0. The van der Waals surface area contributed by atoms with Crippen LogP contribution in [0.1, 0.15) is 31.2 Å². The number of urea groups is 1. The molecule has 1 fully saturated rings. The number of amides is 3. The third kappa shape index (κ3) is 7.05. The number of unbranched alkanes of at least 4 members (excludes halogenated alkanes) is 2. The number of ether oxygens (including phenoxy) is 1. The van der Waals surface area contributed by atoms with E-state index < -0.39 is 6.03 Å². The summed E-state index contributed by atoms with van der Waals surface area (Å²) in [6, 6.07) is 4.50. The number of primary amides is 1. The SMILES string of the molecule is COc1ccc(CN2CCN(C(=O)CCCCCNC(N)=O)CC2)cc1F. The van der Waals surface area contributed by atoms with Crippen molar-refractivity contribution in [3.05, 3.63) is 29.6 Å². The maximum Gasteiger partial charge on any atom is 0.312 e. The third-order valence-corrected chi connectivity index (χ3v) is 4.71. The molecular formula is C19H29FN4O3. The minimum Gasteiger partial charge on any atom is -0.494 e. The molecule has 1 saturated heterocycles. The highest BCUT2D eigenvalue weighted by atomic mass is 19.1. The van der Waals surface area contributed by atoms with Crippen molar-refractivity contribution in [2.45, 2.75) is 32.2 Å². The van der Waals surface area contributed by atoms with Crippen LogP contribution in [0.4, 0.5) is 9.18 Å². The molecule has 1 heterocycles. The standard InChI is InChI=1S/C19H29FN4O3/c1-27-17-7-6-15(13-16(17)20)14-23-9-11-24(12-10-23)18(25)5-3-2-4-8-22-19(21)26/h6-7,13H,2-5,8-12,14H2,1H3,(H3,21,22,26). The normalized spacial score (nSPS) is 14.8. The maximum absolute atomic E-state index is 13.8. The summed E-state index contributed by atoms with van der Waals surface area (Å²) in [6.45, 7) is 4.16. The molecule has 8 heteroatoms. The van der Waals surface area contributed by atoms with Crippen molar-refractivity contribution in [1.82, 2.24) is 15.1 Å². The molecule has 0 unspecified atom stereocenters. The van der Waals surface area contributed by atoms with Gasteiger partial charge in [-0.25, -0.2) is 9.18 Å². The summed E-state index contributed by atoms with van der Waals surface area (Å²) in [6.07, 6.45) is 3.04. The molecule has 0 atom stereocenters. The van der Waals surface area contributed by atoms with E-state index in [0.29, 0.717) is 32.6 Å². The number of carbonyl (C=O) groups excluding carboxylic acids is 2. The molecule has 0 saturated carbocycles. The van der Waals surface area contributed by atoms with Gasteiger partial charge >= 0.3 is 6.03 Å². The monoisotopic (exact) mass is 380 g/mol. The van der Waals surface area contributed by atoms with E-state index in [4.69, 9.17) is 10.5 Å². The molecule has 1 aromatic rings. The lowest BCUT2D eigenvalue weighted by Gasteiger charge is -2.35. The number of hydrogen-bond acceptors (Lipinski definition) is 4. The summed E-state index contributed by atoms with van der Waals surface area (Å²) >= 11 is 0. The first kappa shape index (κ1) is 21.0. The van der Waals surface area contributed by atoms with Crippen LogP contribution in [0.25, 0.3) is 0 Å². The number of halogens is 1. The number of methoxy groups -OCH3 is 1. The lowest BCUT2D eigenvalue weighted by molar-refractivity contribution is -0.133. The van der Waals surface area contributed by atoms with Gasteiger partial charge in [-0.15, -0.1) is 0 Å². The molecule has 1 aliphatic rings. The molecule has 0 radical (unpaired) electrons. The summed E-state index contributed by atoms with van der Waals surface area (Å²) in [7, 11) is 1.45. The Hall–Kier alpha value is -2.35. The van der Waals surface area contributed by atoms with Crippen LogP contribution in [0.15, 0.2) is 18.2 Å². The number of hydrogen-bond donors (Lipinski definition) is 2. The molecule has 0 bridgehead atoms. The van der Waals surface area contributed by atoms with Gasteiger partial charge in [-0.1, -0.05) is 12.5 Å². The lowest BCUT2D eigenvalue weighted by Crippen LogP contribution is -2.48. The van der Waals surface area contributed by atoms with Crippen molar-refractivity contribution >= 4 is 11.9 Å². The first-order valence-corrected chi connectivity index (χ1v) is 9.35. The minimum absolute atomic E-state index is 0.174. The zero-order valence-electron chi connectivity index (χ0n) is 15.9. The number of carbonyl (C=O) groups is 2. The Bertz CT molecular complexity index is 633. The van der Waals surface area contributed by atoms with Gasteiger partial charge in [-0.05, 0) is 30.5 Å². The van der Waals surface area contributed by atoms with Crippen LogP contribution in [0.2, 0.25) is 0 Å². The number of piperazine rings is 1. The van der Waals surface area contributed by atoms with E-state index in [1.54, 1.807) is 6.07 Å². The number of rotatable bonds is 9. The Labute approximate surface area is 159 Å². The lowest BCUT2D eigenvalue weighted by atomic mass is 10.1. The van der Waals surface area contributed by atoms with Gasteiger partial charge in [0, 0.05) is 45.7 Å². The van der Waals surface area contributed by atoms with Gasteiger partial charge in [-0.3, -0.25) is 9.69 Å². The topological polar surface area (TPSA) is 87.9 Å². The van der Waals surface area contributed by atoms with Crippen LogP contribution in [0.3, 0.4) is 0 Å². The molecule has 7 nitrogen and oxygen atoms in total. The fourth-order valence-corrected chi connectivity index (χ4v) is 3.17. The van der Waals surface area contributed by atoms with Crippen molar-refractivity contribution in [1.29, 1.82) is 0 Å². The summed E-state index contributed by atoms with van der Waals surface area (Å²) < 4.78 is 18.7. The molecule has 3 amide bonds. The smallest absolute Gasteiger partial charge is 0.312 e. The molecule has 1 aliphatic heterocycles. The summed E-state index contributed by atoms with van der Waals surface area (Å²) in [5, 5.41) is 2.54. The van der Waals surface area contributed by atoms with E-state index in [0.717, 1.165) is 37.9 Å². The zero-order valence-corrected chi connectivity index (χ0v) is 15.9. The molecular weight excluding hydrogens is 351 g/mol. The number of benzene rings is 1. The predicted molar refractivity (Wildman–Crippen MR) is 101 cm³/mol. The maximum atomic E-state index is 13.8. The van der Waals surface area contributed by atoms with E-state index in [-0.39, 0.29) is 17.5 Å². The zero-order chi connectivity index (χ0) is 19.6. The molecule has 0 spiro atoms. The Morgan fingerprint density at radius 2 is 1.93 bits per heavy atom. The second kappa shape index (κ2) is 10.7. The quantitative estimate of drug-likeness (QED) is 0.639. The van der Waals surface area contributed by atoms with E-state index in [1.165, 1.54) is 13.2 Å². The van der Waals surface area contributed by atoms with Crippen LogP contribution >= 0.6 is 0 Å². The van der Waals surface area contributed by atoms with Gasteiger partial charge in [0.25, 0.3) is 0 Å². The van der Waals surface area contributed by atoms with Gasteiger partial charge in [-0.2, -0.15) is 0 Å². The highest BCUT2D eigenvalue weighted by Gasteiger charge is 2.21. The Morgan fingerprint density at radius 3 is 2.56 bits per heavy atom. The highest BCUT2D eigenvalue weighted by Crippen LogP contribution is 2.19. The van der Waals surface area contributed by atoms with Crippen molar-refractivity contribution in [2.75, 3.05) is 39.8 Å². The van der Waals surface area contributed by atoms with Crippen molar-refractivity contribution < 1.29 is 18.7 Å². The molecule has 2 rings (SSSR count). The van der Waals surface area contributed by atoms with Crippen LogP contribution in [-0.4, -0.2) is 61.6 Å². The van der Waals surface area contributed by atoms with Crippen molar-refractivity contribution in [3.63, 3.8) is 0 Å². The number of nitrogens with one attached hydrogen (secondary N) is 1. The van der Waals surface area contributed by atoms with Gasteiger partial charge in [0.15, 0.2) is 11.6 Å². The third-order valence-electron chi connectivity index (χ3n) is 4.71. The predicted octanol–water partition coefficient (Wildman–Crippen LogP) is 1.71. The molecule has 150 valence electrons. The van der Waals surface area contributed by atoms with Gasteiger partial charge in [0.2, 0.25) is 5.91 Å². The van der Waals surface area contributed by atoms with E-state index in [2.05, 4.69) is 10.2 Å². The molecule has 0 aromatic heterocycles. The van der Waals surface area contributed by atoms with E-state index >= 15 is 0 Å². The van der Waals surface area contributed by atoms with Crippen LogP contribution < -0.4 is 15.8 Å². The second-order valence-corrected chi connectivity index (χ2v) is 6.73. The molecule has 3 N–H and O–H groups in total. The van der Waals surface area contributed by atoms with Gasteiger partial charge in [0.1, 0.15) is 0 Å². The number of nitrogens with zero attached hydrogens (tertiary/aromatic N) is 2. The first-order valence-electron chi connectivity index (χ1n) is 9.35. The largest absolute Gasteiger partial charge is 0.494 e. The summed E-state index contributed by atoms with van der Waals surface area (Å²) in [4.78, 5) is 26.9. The summed E-state index contributed by atoms with van der Waals surface area (Å²) in [5.41, 5.74) is 5.89. The molecule has 27 heavy (non-hydrogen) atoms. The fourth-order valence-electron chi connectivity index (χ4n) is 3.17. The summed E-state index contributed by atoms with van der Waals surface area (Å²) in [5.74, 6) is 0.0717. The molecule has 0 aliphatic carbocycles. The Morgan fingerprint density at radius 1 is 1.19 bits per heavy atom. The minimum atomic E-state index is -0.513. The average molecular weight is 380 g/mol. The highest BCUT2D eigenvalue weighted by molar-refractivity contribution is 5.76. The van der Waals surface area contributed by atoms with Gasteiger partial charge in [0.05, 0.1) is 7.11 Å². The average Bonchev–Trinajstić information content (AvgIpc) is 2.65. The van der Waals surface area contributed by atoms with Crippen molar-refractivity contribution in [2.24, 2.45) is 5.73 Å². The van der Waals surface area contributed by atoms with E-state index in [1.807, 2.05) is 11.0 Å². The number of nitrogens with two attached hydrogens (primary N) is 1. The second-order valence-electron chi connectivity index (χ2n) is 6.73. The van der Waals surface area contributed by atoms with Crippen LogP contribution in [0.5, 0.6) is 5.75 Å². The van der Waals surface area contributed by atoms with Gasteiger partial charge < -0.3 is 20.7 Å². The Balaban J connectivity index is 1.65. The fraction of sp³-hybridized carbons (Fsp3) is 0.579. The molecule has 1 aromatic carbocycles. The van der Waals surface area contributed by atoms with Crippen LogP contribution in [0, 0.1) is 5.82 Å². The van der Waals surface area contributed by atoms with Crippen LogP contribution in [-0.2, 0) is 11.3 Å². The Kier molecular flexibility index (Phi) is 8.32. The van der Waals surface area contributed by atoms with Crippen molar-refractivity contribution in [3.8, 4) is 5.75 Å². The van der Waals surface area contributed by atoms with E-state index in [9.17, 15) is 14.0 Å².